The molecule has 4 nitrogen and oxygen atoms in total. The van der Waals surface area contributed by atoms with Crippen molar-refractivity contribution in [3.8, 4) is 11.3 Å². The van der Waals surface area contributed by atoms with E-state index in [2.05, 4.69) is 38.4 Å². The summed E-state index contributed by atoms with van der Waals surface area (Å²) in [7, 11) is 0. The molecule has 0 saturated heterocycles. The van der Waals surface area contributed by atoms with Crippen molar-refractivity contribution < 1.29 is 0 Å². The van der Waals surface area contributed by atoms with E-state index in [9.17, 15) is 0 Å². The zero-order valence-electron chi connectivity index (χ0n) is 9.20. The van der Waals surface area contributed by atoms with Crippen LogP contribution in [0.5, 0.6) is 0 Å². The largest absolute Gasteiger partial charge is 0.346 e. The highest BCUT2D eigenvalue weighted by Crippen LogP contribution is 2.24. The van der Waals surface area contributed by atoms with Gasteiger partial charge in [0.1, 0.15) is 5.82 Å². The van der Waals surface area contributed by atoms with Gasteiger partial charge in [-0.05, 0) is 19.9 Å². The van der Waals surface area contributed by atoms with Crippen molar-refractivity contribution in [2.45, 2.75) is 13.8 Å². The standard InChI is InChI=1S/C12H12N4/c1-7-12(15-8(2)14-7)9-3-4-10-6-13-16-11(10)5-9/h3-6H,1-2H3,(H,13,16)(H,14,15). The van der Waals surface area contributed by atoms with Gasteiger partial charge in [-0.2, -0.15) is 5.10 Å². The van der Waals surface area contributed by atoms with Crippen molar-refractivity contribution in [2.75, 3.05) is 0 Å². The number of nitrogens with one attached hydrogen (secondary N) is 2. The number of aromatic nitrogens is 4. The van der Waals surface area contributed by atoms with E-state index in [1.54, 1.807) is 0 Å². The molecule has 0 aliphatic heterocycles. The van der Waals surface area contributed by atoms with E-state index in [0.717, 1.165) is 33.7 Å². The summed E-state index contributed by atoms with van der Waals surface area (Å²) in [6, 6.07) is 6.20. The first kappa shape index (κ1) is 9.15. The molecule has 2 N–H and O–H groups in total. The normalized spacial score (nSPS) is 11.1. The van der Waals surface area contributed by atoms with Gasteiger partial charge in [0, 0.05) is 16.6 Å². The average molecular weight is 212 g/mol. The summed E-state index contributed by atoms with van der Waals surface area (Å²) in [6.45, 7) is 4.00. The Kier molecular flexibility index (Phi) is 1.83. The molecular formula is C12H12N4. The van der Waals surface area contributed by atoms with Crippen molar-refractivity contribution in [3.05, 3.63) is 35.9 Å². The van der Waals surface area contributed by atoms with Crippen LogP contribution in [0.2, 0.25) is 0 Å². The van der Waals surface area contributed by atoms with Crippen molar-refractivity contribution in [2.24, 2.45) is 0 Å². The molecule has 0 aliphatic rings. The lowest BCUT2D eigenvalue weighted by Gasteiger charge is -1.98. The molecule has 0 radical (unpaired) electrons. The van der Waals surface area contributed by atoms with Crippen LogP contribution in [-0.4, -0.2) is 20.2 Å². The quantitative estimate of drug-likeness (QED) is 0.651. The smallest absolute Gasteiger partial charge is 0.103 e. The molecule has 3 rings (SSSR count). The van der Waals surface area contributed by atoms with Crippen LogP contribution in [0.1, 0.15) is 11.5 Å². The fourth-order valence-electron chi connectivity index (χ4n) is 1.98. The van der Waals surface area contributed by atoms with E-state index in [-0.39, 0.29) is 0 Å². The van der Waals surface area contributed by atoms with Gasteiger partial charge >= 0.3 is 0 Å². The molecule has 2 heterocycles. The fraction of sp³-hybridized carbons (Fsp3) is 0.167. The molecule has 80 valence electrons. The monoisotopic (exact) mass is 212 g/mol. The number of aromatic amines is 2. The lowest BCUT2D eigenvalue weighted by molar-refractivity contribution is 1.12. The molecule has 0 fully saturated rings. The second kappa shape index (κ2) is 3.20. The van der Waals surface area contributed by atoms with Gasteiger partial charge in [-0.15, -0.1) is 0 Å². The minimum absolute atomic E-state index is 0.942. The Bertz CT molecular complexity index is 648. The van der Waals surface area contributed by atoms with Crippen LogP contribution in [0.4, 0.5) is 0 Å². The fourth-order valence-corrected chi connectivity index (χ4v) is 1.98. The number of hydrogen-bond donors (Lipinski definition) is 2. The highest BCUT2D eigenvalue weighted by molar-refractivity contribution is 5.83. The summed E-state index contributed by atoms with van der Waals surface area (Å²) < 4.78 is 0. The predicted molar refractivity (Wildman–Crippen MR) is 63.1 cm³/mol. The summed E-state index contributed by atoms with van der Waals surface area (Å²) in [4.78, 5) is 7.69. The third-order valence-corrected chi connectivity index (χ3v) is 2.72. The number of fused-ring (bicyclic) bond motifs is 1. The zero-order valence-corrected chi connectivity index (χ0v) is 9.20. The molecule has 0 saturated carbocycles. The molecule has 0 spiro atoms. The van der Waals surface area contributed by atoms with Crippen LogP contribution in [0.15, 0.2) is 24.4 Å². The van der Waals surface area contributed by atoms with Gasteiger partial charge in [0.25, 0.3) is 0 Å². The van der Waals surface area contributed by atoms with Crippen molar-refractivity contribution in [1.82, 2.24) is 20.2 Å². The molecular weight excluding hydrogens is 200 g/mol. The third-order valence-electron chi connectivity index (χ3n) is 2.72. The highest BCUT2D eigenvalue weighted by Gasteiger charge is 2.07. The van der Waals surface area contributed by atoms with Crippen LogP contribution in [0.3, 0.4) is 0 Å². The van der Waals surface area contributed by atoms with Crippen molar-refractivity contribution >= 4 is 10.9 Å². The number of imidazole rings is 1. The zero-order chi connectivity index (χ0) is 11.1. The SMILES string of the molecule is Cc1nc(-c2ccc3cn[nH]c3c2)c(C)[nH]1. The molecule has 0 atom stereocenters. The summed E-state index contributed by atoms with van der Waals surface area (Å²) in [5, 5.41) is 8.10. The molecule has 4 heteroatoms. The van der Waals surface area contributed by atoms with Crippen molar-refractivity contribution in [3.63, 3.8) is 0 Å². The number of rotatable bonds is 1. The van der Waals surface area contributed by atoms with E-state index in [0.29, 0.717) is 0 Å². The summed E-state index contributed by atoms with van der Waals surface area (Å²) in [6.07, 6.45) is 1.82. The molecule has 2 aromatic heterocycles. The molecule has 0 unspecified atom stereocenters. The third kappa shape index (κ3) is 1.31. The Balaban J connectivity index is 2.21. The van der Waals surface area contributed by atoms with E-state index >= 15 is 0 Å². The van der Waals surface area contributed by atoms with Gasteiger partial charge < -0.3 is 4.98 Å². The van der Waals surface area contributed by atoms with E-state index in [1.807, 2.05) is 20.0 Å². The van der Waals surface area contributed by atoms with Gasteiger partial charge in [0.05, 0.1) is 17.4 Å². The Morgan fingerprint density at radius 3 is 2.81 bits per heavy atom. The first-order chi connectivity index (χ1) is 7.74. The van der Waals surface area contributed by atoms with Gasteiger partial charge in [-0.1, -0.05) is 12.1 Å². The van der Waals surface area contributed by atoms with Gasteiger partial charge in [0.2, 0.25) is 0 Å². The molecule has 1 aromatic carbocycles. The number of benzene rings is 1. The maximum absolute atomic E-state index is 4.48. The maximum atomic E-state index is 4.48. The molecule has 0 bridgehead atoms. The minimum Gasteiger partial charge on any atom is -0.346 e. The Labute approximate surface area is 92.7 Å². The van der Waals surface area contributed by atoms with Crippen LogP contribution < -0.4 is 0 Å². The first-order valence-corrected chi connectivity index (χ1v) is 5.21. The van der Waals surface area contributed by atoms with Gasteiger partial charge in [-0.3, -0.25) is 5.10 Å². The number of H-pyrrole nitrogens is 2. The number of aryl methyl sites for hydroxylation is 2. The van der Waals surface area contributed by atoms with Crippen LogP contribution in [-0.2, 0) is 0 Å². The molecule has 0 aliphatic carbocycles. The summed E-state index contributed by atoms with van der Waals surface area (Å²) >= 11 is 0. The first-order valence-electron chi connectivity index (χ1n) is 5.21. The van der Waals surface area contributed by atoms with E-state index in [1.165, 1.54) is 0 Å². The Morgan fingerprint density at radius 2 is 2.06 bits per heavy atom. The second-order valence-electron chi connectivity index (χ2n) is 3.97. The van der Waals surface area contributed by atoms with Crippen molar-refractivity contribution in [1.29, 1.82) is 0 Å². The van der Waals surface area contributed by atoms with Crippen LogP contribution in [0, 0.1) is 13.8 Å². The topological polar surface area (TPSA) is 57.4 Å². The lowest BCUT2D eigenvalue weighted by Crippen LogP contribution is -1.81. The number of nitrogens with zero attached hydrogens (tertiary/aromatic N) is 2. The maximum Gasteiger partial charge on any atom is 0.103 e. The number of hydrogen-bond acceptors (Lipinski definition) is 2. The Morgan fingerprint density at radius 1 is 1.19 bits per heavy atom. The molecule has 16 heavy (non-hydrogen) atoms. The summed E-state index contributed by atoms with van der Waals surface area (Å²) in [5.41, 5.74) is 4.25. The van der Waals surface area contributed by atoms with Crippen LogP contribution >= 0.6 is 0 Å². The highest BCUT2D eigenvalue weighted by atomic mass is 15.1. The predicted octanol–water partition coefficient (Wildman–Crippen LogP) is 2.57. The Hall–Kier alpha value is -2.10. The van der Waals surface area contributed by atoms with Crippen LogP contribution in [0.25, 0.3) is 22.2 Å². The molecule has 3 aromatic rings. The minimum atomic E-state index is 0.942. The second-order valence-corrected chi connectivity index (χ2v) is 3.97. The van der Waals surface area contributed by atoms with Gasteiger partial charge in [-0.25, -0.2) is 4.98 Å². The lowest BCUT2D eigenvalue weighted by atomic mass is 10.1. The van der Waals surface area contributed by atoms with E-state index < -0.39 is 0 Å². The summed E-state index contributed by atoms with van der Waals surface area (Å²) in [5.74, 6) is 0.942. The molecule has 0 amide bonds. The van der Waals surface area contributed by atoms with Gasteiger partial charge in [0.15, 0.2) is 0 Å². The van der Waals surface area contributed by atoms with E-state index in [4.69, 9.17) is 0 Å². The average Bonchev–Trinajstić information content (AvgIpc) is 2.83.